The maximum atomic E-state index is 13.0. The van der Waals surface area contributed by atoms with Crippen molar-refractivity contribution >= 4 is 27.5 Å². The summed E-state index contributed by atoms with van der Waals surface area (Å²) in [6.07, 6.45) is 3.19. The number of benzene rings is 1. The van der Waals surface area contributed by atoms with Gasteiger partial charge in [-0.1, -0.05) is 19.1 Å². The molecule has 25 heavy (non-hydrogen) atoms. The van der Waals surface area contributed by atoms with Crippen LogP contribution in [-0.2, 0) is 0 Å². The minimum atomic E-state index is -0.0573. The van der Waals surface area contributed by atoms with Crippen LogP contribution in [0.1, 0.15) is 17.4 Å². The van der Waals surface area contributed by atoms with Crippen LogP contribution in [0.3, 0.4) is 0 Å². The van der Waals surface area contributed by atoms with Gasteiger partial charge in [-0.25, -0.2) is 15.0 Å². The summed E-state index contributed by atoms with van der Waals surface area (Å²) < 4.78 is 1.08. The van der Waals surface area contributed by atoms with Crippen LogP contribution < -0.4 is 0 Å². The van der Waals surface area contributed by atoms with E-state index >= 15 is 0 Å². The Bertz CT molecular complexity index is 868. The van der Waals surface area contributed by atoms with E-state index in [0.717, 1.165) is 47.9 Å². The molecular weight excluding hydrogens is 334 g/mol. The molecule has 0 radical (unpaired) electrons. The van der Waals surface area contributed by atoms with Gasteiger partial charge in [0, 0.05) is 38.6 Å². The summed E-state index contributed by atoms with van der Waals surface area (Å²) in [5.41, 5.74) is 1.89. The third-order valence-electron chi connectivity index (χ3n) is 4.50. The van der Waals surface area contributed by atoms with Gasteiger partial charge in [-0.05, 0) is 18.7 Å². The van der Waals surface area contributed by atoms with Gasteiger partial charge < -0.3 is 9.80 Å². The van der Waals surface area contributed by atoms with Crippen molar-refractivity contribution in [2.45, 2.75) is 6.92 Å². The zero-order valence-electron chi connectivity index (χ0n) is 14.1. The number of fused-ring (bicyclic) bond motifs is 1. The van der Waals surface area contributed by atoms with Crippen LogP contribution in [-0.4, -0.2) is 63.4 Å². The molecule has 1 saturated heterocycles. The third kappa shape index (κ3) is 3.12. The summed E-state index contributed by atoms with van der Waals surface area (Å²) in [5, 5.41) is 0.741. The third-order valence-corrected chi connectivity index (χ3v) is 5.55. The van der Waals surface area contributed by atoms with Gasteiger partial charge in [0.15, 0.2) is 5.69 Å². The van der Waals surface area contributed by atoms with E-state index in [9.17, 15) is 4.79 Å². The summed E-state index contributed by atoms with van der Waals surface area (Å²) in [6, 6.07) is 7.94. The highest BCUT2D eigenvalue weighted by molar-refractivity contribution is 7.21. The Balaban J connectivity index is 1.66. The molecule has 3 aromatic rings. The second kappa shape index (κ2) is 6.85. The molecule has 1 aliphatic rings. The number of hydrogen-bond donors (Lipinski definition) is 0. The second-order valence-electron chi connectivity index (χ2n) is 5.97. The molecule has 1 aliphatic heterocycles. The van der Waals surface area contributed by atoms with E-state index in [2.05, 4.69) is 26.8 Å². The molecule has 0 bridgehead atoms. The van der Waals surface area contributed by atoms with Crippen LogP contribution in [0.2, 0.25) is 0 Å². The van der Waals surface area contributed by atoms with Crippen molar-refractivity contribution in [3.05, 3.63) is 42.4 Å². The van der Waals surface area contributed by atoms with Gasteiger partial charge in [0.05, 0.1) is 10.2 Å². The van der Waals surface area contributed by atoms with Gasteiger partial charge in [-0.2, -0.15) is 0 Å². The molecule has 3 heterocycles. The molecule has 0 aliphatic carbocycles. The summed E-state index contributed by atoms with van der Waals surface area (Å²) in [7, 11) is 0. The summed E-state index contributed by atoms with van der Waals surface area (Å²) in [4.78, 5) is 30.6. The predicted molar refractivity (Wildman–Crippen MR) is 98.7 cm³/mol. The number of likely N-dealkylation sites (N-methyl/N-ethyl adjacent to an activating group) is 1. The fourth-order valence-electron chi connectivity index (χ4n) is 3.04. The van der Waals surface area contributed by atoms with Gasteiger partial charge in [0.2, 0.25) is 0 Å². The summed E-state index contributed by atoms with van der Waals surface area (Å²) >= 11 is 1.54. The van der Waals surface area contributed by atoms with Gasteiger partial charge in [0.25, 0.3) is 5.91 Å². The van der Waals surface area contributed by atoms with E-state index in [0.29, 0.717) is 11.4 Å². The van der Waals surface area contributed by atoms with Gasteiger partial charge in [0.1, 0.15) is 10.7 Å². The molecule has 1 fully saturated rings. The van der Waals surface area contributed by atoms with E-state index in [1.807, 2.05) is 29.2 Å². The SMILES string of the molecule is CCN1CCN(C(=O)c2nccnc2-c2nc3ccccc3s2)CC1. The van der Waals surface area contributed by atoms with Crippen LogP contribution in [0.5, 0.6) is 0 Å². The van der Waals surface area contributed by atoms with Crippen molar-refractivity contribution in [1.29, 1.82) is 0 Å². The number of para-hydroxylation sites is 1. The molecule has 0 atom stereocenters. The van der Waals surface area contributed by atoms with Crippen molar-refractivity contribution in [2.24, 2.45) is 0 Å². The Morgan fingerprint density at radius 1 is 1.12 bits per heavy atom. The fraction of sp³-hybridized carbons (Fsp3) is 0.333. The molecule has 6 nitrogen and oxygen atoms in total. The molecule has 0 N–H and O–H groups in total. The predicted octanol–water partition coefficient (Wildman–Crippen LogP) is 2.53. The average molecular weight is 353 g/mol. The lowest BCUT2D eigenvalue weighted by Gasteiger charge is -2.33. The topological polar surface area (TPSA) is 62.2 Å². The first kappa shape index (κ1) is 16.1. The number of nitrogens with zero attached hydrogens (tertiary/aromatic N) is 5. The van der Waals surface area contributed by atoms with Crippen molar-refractivity contribution in [2.75, 3.05) is 32.7 Å². The Morgan fingerprint density at radius 2 is 1.88 bits per heavy atom. The van der Waals surface area contributed by atoms with Crippen molar-refractivity contribution < 1.29 is 4.79 Å². The van der Waals surface area contributed by atoms with Crippen LogP contribution in [0.15, 0.2) is 36.7 Å². The van der Waals surface area contributed by atoms with Gasteiger partial charge in [-0.3, -0.25) is 4.79 Å². The average Bonchev–Trinajstić information content (AvgIpc) is 3.11. The maximum absolute atomic E-state index is 13.0. The van der Waals surface area contributed by atoms with Crippen molar-refractivity contribution in [3.63, 3.8) is 0 Å². The second-order valence-corrected chi connectivity index (χ2v) is 7.00. The molecule has 4 rings (SSSR count). The summed E-state index contributed by atoms with van der Waals surface area (Å²) in [5.74, 6) is -0.0573. The molecule has 0 saturated carbocycles. The Hall–Kier alpha value is -2.38. The van der Waals surface area contributed by atoms with E-state index in [4.69, 9.17) is 0 Å². The molecule has 0 spiro atoms. The highest BCUT2D eigenvalue weighted by atomic mass is 32.1. The van der Waals surface area contributed by atoms with Crippen LogP contribution in [0.25, 0.3) is 20.9 Å². The van der Waals surface area contributed by atoms with E-state index < -0.39 is 0 Å². The number of carbonyl (C=O) groups is 1. The first-order valence-corrected chi connectivity index (χ1v) is 9.26. The standard InChI is InChI=1S/C18H19N5OS/c1-2-22-9-11-23(12-10-22)18(24)16-15(19-7-8-20-16)17-21-13-5-3-4-6-14(13)25-17/h3-8H,2,9-12H2,1H3. The highest BCUT2D eigenvalue weighted by Crippen LogP contribution is 2.30. The zero-order chi connectivity index (χ0) is 17.2. The Morgan fingerprint density at radius 3 is 2.64 bits per heavy atom. The lowest BCUT2D eigenvalue weighted by atomic mass is 10.2. The van der Waals surface area contributed by atoms with Crippen molar-refractivity contribution in [3.8, 4) is 10.7 Å². The van der Waals surface area contributed by atoms with E-state index in [-0.39, 0.29) is 5.91 Å². The number of amides is 1. The van der Waals surface area contributed by atoms with Crippen LogP contribution >= 0.6 is 11.3 Å². The minimum Gasteiger partial charge on any atom is -0.335 e. The summed E-state index contributed by atoms with van der Waals surface area (Å²) in [6.45, 7) is 6.42. The van der Waals surface area contributed by atoms with Crippen molar-refractivity contribution in [1.82, 2.24) is 24.8 Å². The number of aromatic nitrogens is 3. The molecule has 0 unspecified atom stereocenters. The molecule has 1 amide bonds. The van der Waals surface area contributed by atoms with Gasteiger partial charge >= 0.3 is 0 Å². The number of hydrogen-bond acceptors (Lipinski definition) is 6. The lowest BCUT2D eigenvalue weighted by Crippen LogP contribution is -2.48. The molecule has 7 heteroatoms. The Labute approximate surface area is 150 Å². The zero-order valence-corrected chi connectivity index (χ0v) is 14.9. The maximum Gasteiger partial charge on any atom is 0.274 e. The van der Waals surface area contributed by atoms with E-state index in [1.165, 1.54) is 0 Å². The quantitative estimate of drug-likeness (QED) is 0.724. The molecule has 128 valence electrons. The normalized spacial score (nSPS) is 15.6. The van der Waals surface area contributed by atoms with Crippen LogP contribution in [0, 0.1) is 0 Å². The number of rotatable bonds is 3. The Kier molecular flexibility index (Phi) is 4.42. The van der Waals surface area contributed by atoms with Crippen LogP contribution in [0.4, 0.5) is 0 Å². The molecule has 1 aromatic carbocycles. The molecule has 2 aromatic heterocycles. The highest BCUT2D eigenvalue weighted by Gasteiger charge is 2.26. The monoisotopic (exact) mass is 353 g/mol. The number of piperazine rings is 1. The smallest absolute Gasteiger partial charge is 0.274 e. The first-order chi connectivity index (χ1) is 12.3. The minimum absolute atomic E-state index is 0.0573. The first-order valence-electron chi connectivity index (χ1n) is 8.45. The molecular formula is C18H19N5OS. The largest absolute Gasteiger partial charge is 0.335 e. The lowest BCUT2D eigenvalue weighted by molar-refractivity contribution is 0.0638. The fourth-order valence-corrected chi connectivity index (χ4v) is 4.00. The van der Waals surface area contributed by atoms with E-state index in [1.54, 1.807) is 23.7 Å². The van der Waals surface area contributed by atoms with Gasteiger partial charge in [-0.15, -0.1) is 11.3 Å². The number of thiazole rings is 1. The number of carbonyl (C=O) groups excluding carboxylic acids is 1.